The van der Waals surface area contributed by atoms with E-state index in [2.05, 4.69) is 110 Å². The molecule has 1 heterocycles. The van der Waals surface area contributed by atoms with Gasteiger partial charge in [-0.15, -0.1) is 0 Å². The lowest BCUT2D eigenvalue weighted by molar-refractivity contribution is -0.0259. The molecule has 3 atom stereocenters. The Morgan fingerprint density at radius 3 is 1.00 bits per heavy atom. The lowest BCUT2D eigenvalue weighted by Crippen LogP contribution is -2.58. The Labute approximate surface area is 178 Å². The summed E-state index contributed by atoms with van der Waals surface area (Å²) < 4.78 is 0. The van der Waals surface area contributed by atoms with Crippen LogP contribution in [0, 0.1) is 0 Å². The van der Waals surface area contributed by atoms with Crippen LogP contribution in [0.2, 0.25) is 0 Å². The molecule has 3 nitrogen and oxygen atoms in total. The molecule has 21 heavy (non-hydrogen) atoms. The van der Waals surface area contributed by atoms with E-state index in [0.717, 1.165) is 55.6 Å². The first-order valence-electron chi connectivity index (χ1n) is 6.75. The van der Waals surface area contributed by atoms with Crippen molar-refractivity contribution in [3.8, 4) is 0 Å². The summed E-state index contributed by atoms with van der Waals surface area (Å²) >= 11 is 21.8. The van der Waals surface area contributed by atoms with E-state index in [-0.39, 0.29) is 0 Å². The molecule has 0 aromatic rings. The van der Waals surface area contributed by atoms with E-state index < -0.39 is 0 Å². The summed E-state index contributed by atoms with van der Waals surface area (Å²) in [5, 5.41) is 2.94. The van der Waals surface area contributed by atoms with Crippen molar-refractivity contribution in [3.05, 3.63) is 0 Å². The van der Waals surface area contributed by atoms with Gasteiger partial charge in [0.25, 0.3) is 0 Å². The number of hydrogen-bond donors (Lipinski definition) is 0. The molecule has 9 heteroatoms. The summed E-state index contributed by atoms with van der Waals surface area (Å²) in [5.41, 5.74) is 0. The van der Waals surface area contributed by atoms with Crippen LogP contribution in [0.15, 0.2) is 0 Å². The molecule has 0 aliphatic carbocycles. The van der Waals surface area contributed by atoms with Gasteiger partial charge in [-0.3, -0.25) is 14.7 Å². The van der Waals surface area contributed by atoms with Crippen LogP contribution in [-0.4, -0.2) is 84.8 Å². The molecule has 1 rings (SSSR count). The van der Waals surface area contributed by atoms with Gasteiger partial charge in [-0.05, 0) is 0 Å². The van der Waals surface area contributed by atoms with Crippen LogP contribution in [0.3, 0.4) is 0 Å². The number of nitrogens with zero attached hydrogens (tertiary/aromatic N) is 3. The van der Waals surface area contributed by atoms with Crippen molar-refractivity contribution in [2.75, 3.05) is 55.6 Å². The summed E-state index contributed by atoms with van der Waals surface area (Å²) in [6.07, 6.45) is 0. The molecule has 0 saturated carbocycles. The van der Waals surface area contributed by atoms with E-state index in [1.807, 2.05) is 0 Å². The van der Waals surface area contributed by atoms with Crippen molar-refractivity contribution >= 4 is 95.6 Å². The molecule has 0 N–H and O–H groups in total. The standard InChI is InChI=1S/C12H21Br6N3/c13-1-10(16)4-19-7-20(5-11(17)2-14)9-21(8-19)6-12(18)3-15/h10-12H,1-9H2. The van der Waals surface area contributed by atoms with Crippen molar-refractivity contribution in [1.29, 1.82) is 0 Å². The van der Waals surface area contributed by atoms with Crippen LogP contribution >= 0.6 is 95.6 Å². The first-order valence-corrected chi connectivity index (χ1v) is 12.9. The molecule has 0 aromatic heterocycles. The highest BCUT2D eigenvalue weighted by Gasteiger charge is 2.26. The van der Waals surface area contributed by atoms with E-state index in [1.165, 1.54) is 0 Å². The predicted octanol–water partition coefficient (Wildman–Crippen LogP) is 4.25. The maximum Gasteiger partial charge on any atom is 0.0530 e. The molecular weight excluding hydrogens is 666 g/mol. The molecular formula is C12H21Br6N3. The lowest BCUT2D eigenvalue weighted by atomic mass is 10.3. The number of rotatable bonds is 9. The third-order valence-corrected chi connectivity index (χ3v) is 9.86. The van der Waals surface area contributed by atoms with Crippen LogP contribution < -0.4 is 0 Å². The van der Waals surface area contributed by atoms with Crippen molar-refractivity contribution in [2.24, 2.45) is 0 Å². The minimum atomic E-state index is 0.492. The molecule has 0 bridgehead atoms. The van der Waals surface area contributed by atoms with Gasteiger partial charge in [0.1, 0.15) is 0 Å². The fraction of sp³-hybridized carbons (Fsp3) is 1.00. The third kappa shape index (κ3) is 9.14. The fourth-order valence-corrected chi connectivity index (χ4v) is 4.16. The second-order valence-corrected chi connectivity index (χ2v) is 11.1. The number of hydrogen-bond acceptors (Lipinski definition) is 3. The molecule has 1 fully saturated rings. The van der Waals surface area contributed by atoms with Crippen LogP contribution in [0.1, 0.15) is 0 Å². The average Bonchev–Trinajstić information content (AvgIpc) is 2.46. The quantitative estimate of drug-likeness (QED) is 0.336. The number of alkyl halides is 6. The zero-order chi connectivity index (χ0) is 15.8. The highest BCUT2D eigenvalue weighted by Crippen LogP contribution is 2.16. The van der Waals surface area contributed by atoms with Gasteiger partial charge < -0.3 is 0 Å². The van der Waals surface area contributed by atoms with Crippen molar-refractivity contribution in [3.63, 3.8) is 0 Å². The van der Waals surface area contributed by atoms with E-state index in [0.29, 0.717) is 14.5 Å². The molecule has 0 spiro atoms. The van der Waals surface area contributed by atoms with E-state index in [1.54, 1.807) is 0 Å². The molecule has 1 aliphatic rings. The summed E-state index contributed by atoms with van der Waals surface area (Å²) in [7, 11) is 0. The molecule has 126 valence electrons. The zero-order valence-corrected chi connectivity index (χ0v) is 21.2. The van der Waals surface area contributed by atoms with Crippen molar-refractivity contribution in [1.82, 2.24) is 14.7 Å². The first kappa shape index (κ1) is 21.8. The van der Waals surface area contributed by atoms with E-state index >= 15 is 0 Å². The summed E-state index contributed by atoms with van der Waals surface area (Å²) in [5.74, 6) is 0. The van der Waals surface area contributed by atoms with Gasteiger partial charge in [-0.2, -0.15) is 0 Å². The van der Waals surface area contributed by atoms with Crippen LogP contribution in [0.5, 0.6) is 0 Å². The normalized spacial score (nSPS) is 23.1. The molecule has 1 saturated heterocycles. The van der Waals surface area contributed by atoms with Gasteiger partial charge in [-0.25, -0.2) is 0 Å². The highest BCUT2D eigenvalue weighted by atomic mass is 79.9. The number of halogens is 6. The van der Waals surface area contributed by atoms with Gasteiger partial charge in [-0.1, -0.05) is 95.6 Å². The Hall–Kier alpha value is 2.76. The van der Waals surface area contributed by atoms with E-state index in [9.17, 15) is 0 Å². The van der Waals surface area contributed by atoms with E-state index in [4.69, 9.17) is 0 Å². The van der Waals surface area contributed by atoms with Gasteiger partial charge in [0.15, 0.2) is 0 Å². The summed E-state index contributed by atoms with van der Waals surface area (Å²) in [6.45, 7) is 6.26. The average molecular weight is 687 g/mol. The minimum absolute atomic E-state index is 0.492. The Morgan fingerprint density at radius 1 is 0.571 bits per heavy atom. The highest BCUT2D eigenvalue weighted by molar-refractivity contribution is 9.12. The maximum absolute atomic E-state index is 3.72. The monoisotopic (exact) mass is 681 g/mol. The molecule has 3 unspecified atom stereocenters. The fourth-order valence-electron chi connectivity index (χ4n) is 2.32. The molecule has 1 aliphatic heterocycles. The van der Waals surface area contributed by atoms with Crippen molar-refractivity contribution < 1.29 is 0 Å². The van der Waals surface area contributed by atoms with Gasteiger partial charge in [0.05, 0.1) is 20.0 Å². The van der Waals surface area contributed by atoms with Crippen LogP contribution in [0.4, 0.5) is 0 Å². The SMILES string of the molecule is BrCC(Br)CN1CN(CC(Br)CBr)CN(CC(Br)CBr)C1. The molecule has 0 aromatic carbocycles. The molecule has 0 amide bonds. The lowest BCUT2D eigenvalue weighted by Gasteiger charge is -2.44. The third-order valence-electron chi connectivity index (χ3n) is 3.07. The van der Waals surface area contributed by atoms with Gasteiger partial charge in [0, 0.05) is 50.1 Å². The first-order chi connectivity index (χ1) is 9.98. The van der Waals surface area contributed by atoms with Gasteiger partial charge >= 0.3 is 0 Å². The van der Waals surface area contributed by atoms with Crippen molar-refractivity contribution in [2.45, 2.75) is 14.5 Å². The van der Waals surface area contributed by atoms with Crippen LogP contribution in [0.25, 0.3) is 0 Å². The van der Waals surface area contributed by atoms with Gasteiger partial charge in [0.2, 0.25) is 0 Å². The van der Waals surface area contributed by atoms with Crippen LogP contribution in [-0.2, 0) is 0 Å². The Kier molecular flexibility index (Phi) is 12.6. The second-order valence-electron chi connectivity index (χ2n) is 5.24. The molecule has 0 radical (unpaired) electrons. The summed E-state index contributed by atoms with van der Waals surface area (Å²) in [6, 6.07) is 0. The Balaban J connectivity index is 2.59. The minimum Gasteiger partial charge on any atom is -0.276 e. The second kappa shape index (κ2) is 12.2. The topological polar surface area (TPSA) is 9.72 Å². The summed E-state index contributed by atoms with van der Waals surface area (Å²) in [4.78, 5) is 8.99. The predicted molar refractivity (Wildman–Crippen MR) is 114 cm³/mol. The largest absolute Gasteiger partial charge is 0.276 e. The Bertz CT molecular complexity index is 237. The zero-order valence-electron chi connectivity index (χ0n) is 11.7. The smallest absolute Gasteiger partial charge is 0.0530 e. The Morgan fingerprint density at radius 2 is 0.810 bits per heavy atom. The maximum atomic E-state index is 3.72.